The van der Waals surface area contributed by atoms with Gasteiger partial charge < -0.3 is 24.4 Å². The van der Waals surface area contributed by atoms with E-state index < -0.39 is 12.1 Å². The fourth-order valence-corrected chi connectivity index (χ4v) is 4.38. The number of pyridine rings is 1. The molecule has 3 aliphatic rings. The molecule has 1 aromatic rings. The zero-order valence-electron chi connectivity index (χ0n) is 17.7. The van der Waals surface area contributed by atoms with Gasteiger partial charge in [0.05, 0.1) is 19.3 Å². The maximum absolute atomic E-state index is 12.8. The molecule has 1 N–H and O–H groups in total. The minimum absolute atomic E-state index is 0.0549. The lowest BCUT2D eigenvalue weighted by molar-refractivity contribution is -0.192. The number of aliphatic carboxylic acids is 1. The molecule has 4 rings (SSSR count). The summed E-state index contributed by atoms with van der Waals surface area (Å²) < 4.78 is 43.8. The quantitative estimate of drug-likeness (QED) is 0.745. The Morgan fingerprint density at radius 3 is 2.47 bits per heavy atom. The van der Waals surface area contributed by atoms with E-state index in [2.05, 4.69) is 4.98 Å². The number of hydrogen-bond donors (Lipinski definition) is 1. The molecular weight excluding hydrogens is 431 g/mol. The molecular formula is C21H28F3N3O5. The fraction of sp³-hybridized carbons (Fsp3) is 0.667. The van der Waals surface area contributed by atoms with Gasteiger partial charge in [0.1, 0.15) is 0 Å². The van der Waals surface area contributed by atoms with E-state index in [0.717, 1.165) is 64.0 Å². The van der Waals surface area contributed by atoms with Gasteiger partial charge in [-0.3, -0.25) is 4.98 Å². The highest BCUT2D eigenvalue weighted by Crippen LogP contribution is 2.41. The number of alkyl halides is 3. The first-order valence-corrected chi connectivity index (χ1v) is 10.6. The molecule has 0 bridgehead atoms. The second-order valence-corrected chi connectivity index (χ2v) is 8.31. The van der Waals surface area contributed by atoms with Gasteiger partial charge in [0.25, 0.3) is 0 Å². The number of nitrogens with zero attached hydrogens (tertiary/aromatic N) is 3. The summed E-state index contributed by atoms with van der Waals surface area (Å²) in [5.74, 6) is -2.76. The molecule has 0 aromatic carbocycles. The third-order valence-corrected chi connectivity index (χ3v) is 6.07. The second-order valence-electron chi connectivity index (χ2n) is 8.31. The number of likely N-dealkylation sites (tertiary alicyclic amines) is 2. The Balaban J connectivity index is 0.000000360. The monoisotopic (exact) mass is 459 g/mol. The predicted molar refractivity (Wildman–Crippen MR) is 107 cm³/mol. The second kappa shape index (κ2) is 10.5. The SMILES string of the molecule is O=C(N1CCCC1)N1CC[C@H]2OCC[C@@]2(COCc2ccncc2)C1.O=C(O)C(F)(F)F. The van der Waals surface area contributed by atoms with Crippen molar-refractivity contribution in [3.8, 4) is 0 Å². The van der Waals surface area contributed by atoms with Crippen LogP contribution in [0.3, 0.4) is 0 Å². The van der Waals surface area contributed by atoms with Crippen LogP contribution in [0.1, 0.15) is 31.2 Å². The van der Waals surface area contributed by atoms with Crippen molar-refractivity contribution in [1.82, 2.24) is 14.8 Å². The summed E-state index contributed by atoms with van der Waals surface area (Å²) in [5.41, 5.74) is 1.07. The molecule has 32 heavy (non-hydrogen) atoms. The molecule has 178 valence electrons. The largest absolute Gasteiger partial charge is 0.490 e. The number of aromatic nitrogens is 1. The van der Waals surface area contributed by atoms with Crippen molar-refractivity contribution in [2.24, 2.45) is 5.41 Å². The van der Waals surface area contributed by atoms with Gasteiger partial charge in [0, 0.05) is 50.6 Å². The Morgan fingerprint density at radius 2 is 1.84 bits per heavy atom. The van der Waals surface area contributed by atoms with E-state index in [1.165, 1.54) is 0 Å². The lowest BCUT2D eigenvalue weighted by Gasteiger charge is -2.44. The smallest absolute Gasteiger partial charge is 0.475 e. The zero-order chi connectivity index (χ0) is 23.2. The summed E-state index contributed by atoms with van der Waals surface area (Å²) in [4.78, 5) is 29.8. The maximum atomic E-state index is 12.8. The van der Waals surface area contributed by atoms with Crippen molar-refractivity contribution < 1.29 is 37.3 Å². The number of amides is 2. The normalized spacial score (nSPS) is 25.2. The van der Waals surface area contributed by atoms with Gasteiger partial charge in [0.15, 0.2) is 0 Å². The highest BCUT2D eigenvalue weighted by Gasteiger charge is 2.49. The number of carboxylic acids is 1. The van der Waals surface area contributed by atoms with E-state index in [-0.39, 0.29) is 17.6 Å². The molecule has 3 saturated heterocycles. The molecule has 11 heteroatoms. The van der Waals surface area contributed by atoms with Gasteiger partial charge in [-0.1, -0.05) is 0 Å². The van der Waals surface area contributed by atoms with Crippen LogP contribution in [-0.2, 0) is 20.9 Å². The van der Waals surface area contributed by atoms with E-state index in [1.54, 1.807) is 12.4 Å². The summed E-state index contributed by atoms with van der Waals surface area (Å²) in [7, 11) is 0. The van der Waals surface area contributed by atoms with Crippen molar-refractivity contribution in [2.45, 2.75) is 44.6 Å². The molecule has 0 unspecified atom stereocenters. The lowest BCUT2D eigenvalue weighted by atomic mass is 9.77. The molecule has 8 nitrogen and oxygen atoms in total. The van der Waals surface area contributed by atoms with Gasteiger partial charge in [-0.15, -0.1) is 0 Å². The Hall–Kier alpha value is -2.40. The molecule has 3 fully saturated rings. The van der Waals surface area contributed by atoms with E-state index in [0.29, 0.717) is 13.2 Å². The third kappa shape index (κ3) is 6.10. The first kappa shape index (κ1) is 24.2. The van der Waals surface area contributed by atoms with E-state index in [9.17, 15) is 18.0 Å². The molecule has 0 spiro atoms. The number of halogens is 3. The summed E-state index contributed by atoms with van der Waals surface area (Å²) in [6.07, 6.45) is 2.85. The van der Waals surface area contributed by atoms with Gasteiger partial charge in [0.2, 0.25) is 0 Å². The Kier molecular flexibility index (Phi) is 7.94. The van der Waals surface area contributed by atoms with Crippen LogP contribution in [-0.4, -0.2) is 83.6 Å². The van der Waals surface area contributed by atoms with Crippen molar-refractivity contribution in [2.75, 3.05) is 39.4 Å². The third-order valence-electron chi connectivity index (χ3n) is 6.07. The number of rotatable bonds is 4. The molecule has 0 radical (unpaired) electrons. The van der Waals surface area contributed by atoms with E-state index in [4.69, 9.17) is 19.4 Å². The number of hydrogen-bond acceptors (Lipinski definition) is 5. The van der Waals surface area contributed by atoms with Crippen LogP contribution >= 0.6 is 0 Å². The van der Waals surface area contributed by atoms with Crippen LogP contribution in [0.2, 0.25) is 0 Å². The van der Waals surface area contributed by atoms with Crippen LogP contribution in [0.4, 0.5) is 18.0 Å². The van der Waals surface area contributed by atoms with E-state index in [1.807, 2.05) is 21.9 Å². The number of piperidine rings is 1. The molecule has 0 saturated carbocycles. The maximum Gasteiger partial charge on any atom is 0.490 e. The number of carboxylic acid groups (broad SMARTS) is 1. The average molecular weight is 459 g/mol. The fourth-order valence-electron chi connectivity index (χ4n) is 4.38. The minimum atomic E-state index is -5.08. The molecule has 4 heterocycles. The number of fused-ring (bicyclic) bond motifs is 1. The summed E-state index contributed by atoms with van der Waals surface area (Å²) in [6.45, 7) is 5.35. The molecule has 1 aromatic heterocycles. The number of ether oxygens (including phenoxy) is 2. The van der Waals surface area contributed by atoms with Crippen molar-refractivity contribution in [3.05, 3.63) is 30.1 Å². The van der Waals surface area contributed by atoms with Crippen molar-refractivity contribution in [1.29, 1.82) is 0 Å². The van der Waals surface area contributed by atoms with Gasteiger partial charge in [-0.05, 0) is 43.4 Å². The first-order chi connectivity index (χ1) is 15.2. The molecule has 3 aliphatic heterocycles. The average Bonchev–Trinajstić information content (AvgIpc) is 3.43. The number of urea groups is 1. The predicted octanol–water partition coefficient (Wildman–Crippen LogP) is 2.93. The molecule has 0 aliphatic carbocycles. The standard InChI is InChI=1S/C19H27N3O3.C2HF3O2/c23-18(21-9-1-2-10-21)22-11-5-17-19(14-22,6-12-25-17)15-24-13-16-3-7-20-8-4-16;3-2(4,5)1(6)7/h3-4,7-8,17H,1-2,5-6,9-15H2;(H,6,7)/t17-,19+;/m1./s1. The van der Waals surface area contributed by atoms with Crippen LogP contribution in [0.25, 0.3) is 0 Å². The van der Waals surface area contributed by atoms with Crippen LogP contribution < -0.4 is 0 Å². The highest BCUT2D eigenvalue weighted by molar-refractivity contribution is 5.75. The van der Waals surface area contributed by atoms with Gasteiger partial charge >= 0.3 is 18.2 Å². The van der Waals surface area contributed by atoms with Crippen molar-refractivity contribution >= 4 is 12.0 Å². The highest BCUT2D eigenvalue weighted by atomic mass is 19.4. The Bertz CT molecular complexity index is 774. The minimum Gasteiger partial charge on any atom is -0.475 e. The van der Waals surface area contributed by atoms with Crippen molar-refractivity contribution in [3.63, 3.8) is 0 Å². The van der Waals surface area contributed by atoms with Gasteiger partial charge in [-0.2, -0.15) is 13.2 Å². The zero-order valence-corrected chi connectivity index (χ0v) is 17.7. The molecule has 2 amide bonds. The summed E-state index contributed by atoms with van der Waals surface area (Å²) in [6, 6.07) is 4.16. The topological polar surface area (TPSA) is 92.2 Å². The van der Waals surface area contributed by atoms with E-state index >= 15 is 0 Å². The van der Waals surface area contributed by atoms with Gasteiger partial charge in [-0.25, -0.2) is 9.59 Å². The number of carbonyl (C=O) groups is 2. The summed E-state index contributed by atoms with van der Waals surface area (Å²) >= 11 is 0. The number of carbonyl (C=O) groups excluding carboxylic acids is 1. The van der Waals surface area contributed by atoms with Crippen LogP contribution in [0.5, 0.6) is 0 Å². The Morgan fingerprint density at radius 1 is 1.19 bits per heavy atom. The Labute approximate surface area is 184 Å². The lowest BCUT2D eigenvalue weighted by Crippen LogP contribution is -2.56. The summed E-state index contributed by atoms with van der Waals surface area (Å²) in [5, 5.41) is 7.12. The molecule has 2 atom stereocenters. The van der Waals surface area contributed by atoms with Crippen LogP contribution in [0.15, 0.2) is 24.5 Å². The van der Waals surface area contributed by atoms with Crippen LogP contribution in [0, 0.1) is 5.41 Å². The first-order valence-electron chi connectivity index (χ1n) is 10.6.